The van der Waals surface area contributed by atoms with E-state index in [1.54, 1.807) is 11.7 Å². The Morgan fingerprint density at radius 3 is 2.48 bits per heavy atom. The van der Waals surface area contributed by atoms with Crippen molar-refractivity contribution in [2.45, 2.75) is 13.3 Å². The lowest BCUT2D eigenvalue weighted by Gasteiger charge is -2.34. The van der Waals surface area contributed by atoms with E-state index >= 15 is 0 Å². The third-order valence-corrected chi connectivity index (χ3v) is 3.61. The summed E-state index contributed by atoms with van der Waals surface area (Å²) in [6, 6.07) is 0. The molecule has 0 unspecified atom stereocenters. The summed E-state index contributed by atoms with van der Waals surface area (Å²) in [6.07, 6.45) is 0.503. The van der Waals surface area contributed by atoms with Gasteiger partial charge in [-0.1, -0.05) is 6.92 Å². The number of rotatable bonds is 5. The first kappa shape index (κ1) is 15.2. The molecule has 1 aromatic heterocycles. The van der Waals surface area contributed by atoms with Crippen LogP contribution in [0.5, 0.6) is 0 Å². The first-order chi connectivity index (χ1) is 9.93. The smallest absolute Gasteiger partial charge is 0.334 e. The maximum Gasteiger partial charge on any atom is 0.334 e. The van der Waals surface area contributed by atoms with E-state index in [0.717, 1.165) is 0 Å². The molecule has 0 atom stereocenters. The quantitative estimate of drug-likeness (QED) is 0.607. The van der Waals surface area contributed by atoms with Gasteiger partial charge in [-0.2, -0.15) is 5.10 Å². The summed E-state index contributed by atoms with van der Waals surface area (Å²) in [5.74, 6) is -0.352. The zero-order chi connectivity index (χ0) is 15.6. The summed E-state index contributed by atoms with van der Waals surface area (Å²) >= 11 is 0. The molecule has 0 spiro atoms. The fourth-order valence-corrected chi connectivity index (χ4v) is 2.65. The second-order valence-corrected chi connectivity index (χ2v) is 5.01. The van der Waals surface area contributed by atoms with Crippen molar-refractivity contribution >= 4 is 17.5 Å². The summed E-state index contributed by atoms with van der Waals surface area (Å²) in [6.45, 7) is 4.07. The van der Waals surface area contributed by atoms with Crippen LogP contribution in [-0.4, -0.2) is 63.4 Å². The van der Waals surface area contributed by atoms with Crippen molar-refractivity contribution in [3.8, 4) is 0 Å². The third-order valence-electron chi connectivity index (χ3n) is 3.61. The Labute approximate surface area is 121 Å². The maximum absolute atomic E-state index is 11.3. The van der Waals surface area contributed by atoms with Gasteiger partial charge in [-0.25, -0.2) is 4.68 Å². The van der Waals surface area contributed by atoms with Gasteiger partial charge in [-0.15, -0.1) is 0 Å². The van der Waals surface area contributed by atoms with Crippen molar-refractivity contribution in [3.05, 3.63) is 15.8 Å². The van der Waals surface area contributed by atoms with Crippen LogP contribution in [-0.2, 0) is 18.3 Å². The molecule has 9 heteroatoms. The van der Waals surface area contributed by atoms with E-state index in [0.29, 0.717) is 44.1 Å². The molecule has 0 amide bonds. The number of aromatic nitrogens is 2. The molecule has 2 heterocycles. The number of carboxylic acid groups (broad SMARTS) is 1. The van der Waals surface area contributed by atoms with Gasteiger partial charge in [0.2, 0.25) is 5.82 Å². The molecule has 1 aliphatic rings. The number of aliphatic carboxylic acids is 1. The second kappa shape index (κ2) is 6.08. The minimum Gasteiger partial charge on any atom is -0.480 e. The van der Waals surface area contributed by atoms with E-state index in [4.69, 9.17) is 5.11 Å². The van der Waals surface area contributed by atoms with Gasteiger partial charge < -0.3 is 10.0 Å². The first-order valence-corrected chi connectivity index (χ1v) is 6.83. The van der Waals surface area contributed by atoms with Crippen LogP contribution in [0.4, 0.5) is 11.5 Å². The van der Waals surface area contributed by atoms with Crippen LogP contribution in [0.2, 0.25) is 0 Å². The Kier molecular flexibility index (Phi) is 4.41. The molecule has 0 aliphatic carbocycles. The Morgan fingerprint density at radius 2 is 2.00 bits per heavy atom. The molecule has 0 saturated carbocycles. The summed E-state index contributed by atoms with van der Waals surface area (Å²) in [4.78, 5) is 25.3. The zero-order valence-electron chi connectivity index (χ0n) is 12.2. The molecule has 0 bridgehead atoms. The molecule has 9 nitrogen and oxygen atoms in total. The molecule has 1 N–H and O–H groups in total. The Morgan fingerprint density at radius 1 is 1.38 bits per heavy atom. The van der Waals surface area contributed by atoms with Crippen molar-refractivity contribution in [2.75, 3.05) is 37.6 Å². The van der Waals surface area contributed by atoms with Crippen molar-refractivity contribution < 1.29 is 14.8 Å². The minimum absolute atomic E-state index is 0.00152. The molecule has 1 fully saturated rings. The van der Waals surface area contributed by atoms with Gasteiger partial charge in [0.1, 0.15) is 5.69 Å². The molecule has 1 aromatic rings. The van der Waals surface area contributed by atoms with Crippen LogP contribution in [0, 0.1) is 10.1 Å². The van der Waals surface area contributed by atoms with Crippen molar-refractivity contribution in [1.82, 2.24) is 14.7 Å². The predicted molar refractivity (Wildman–Crippen MR) is 75.5 cm³/mol. The van der Waals surface area contributed by atoms with Crippen LogP contribution < -0.4 is 4.90 Å². The highest BCUT2D eigenvalue weighted by Crippen LogP contribution is 2.32. The average Bonchev–Trinajstić information content (AvgIpc) is 2.76. The van der Waals surface area contributed by atoms with Crippen LogP contribution in [0.25, 0.3) is 0 Å². The number of aryl methyl sites for hydroxylation is 2. The fourth-order valence-electron chi connectivity index (χ4n) is 2.65. The number of carbonyl (C=O) groups is 1. The highest BCUT2D eigenvalue weighted by atomic mass is 16.6. The summed E-state index contributed by atoms with van der Waals surface area (Å²) < 4.78 is 1.55. The van der Waals surface area contributed by atoms with Gasteiger partial charge in [0.05, 0.1) is 11.5 Å². The van der Waals surface area contributed by atoms with E-state index in [1.165, 1.54) is 0 Å². The van der Waals surface area contributed by atoms with Crippen molar-refractivity contribution in [1.29, 1.82) is 0 Å². The summed E-state index contributed by atoms with van der Waals surface area (Å²) in [5, 5.41) is 24.3. The molecular formula is C12H19N5O4. The number of hydrogen-bond donors (Lipinski definition) is 1. The predicted octanol–water partition coefficient (Wildman–Crippen LogP) is 0.0973. The molecule has 0 radical (unpaired) electrons. The number of anilines is 1. The number of hydrogen-bond acceptors (Lipinski definition) is 6. The molecule has 1 saturated heterocycles. The topological polar surface area (TPSA) is 105 Å². The molecule has 0 aromatic carbocycles. The molecule has 116 valence electrons. The van der Waals surface area contributed by atoms with Gasteiger partial charge in [0, 0.05) is 33.2 Å². The van der Waals surface area contributed by atoms with Crippen LogP contribution in [0.1, 0.15) is 12.6 Å². The molecule has 2 rings (SSSR count). The lowest BCUT2D eigenvalue weighted by Crippen LogP contribution is -2.48. The van der Waals surface area contributed by atoms with Gasteiger partial charge in [-0.05, 0) is 6.42 Å². The van der Waals surface area contributed by atoms with Crippen molar-refractivity contribution in [2.24, 2.45) is 7.05 Å². The van der Waals surface area contributed by atoms with Gasteiger partial charge in [0.25, 0.3) is 0 Å². The van der Waals surface area contributed by atoms with Gasteiger partial charge >= 0.3 is 11.7 Å². The van der Waals surface area contributed by atoms with Crippen LogP contribution in [0.15, 0.2) is 0 Å². The molecular weight excluding hydrogens is 278 g/mol. The standard InChI is InChI=1S/C12H19N5O4/c1-3-9-11(17(20)21)12(14(2)13-9)16-6-4-15(5-7-16)8-10(18)19/h3-8H2,1-2H3,(H,18,19). The first-order valence-electron chi connectivity index (χ1n) is 6.83. The Balaban J connectivity index is 2.18. The van der Waals surface area contributed by atoms with Gasteiger partial charge in [-0.3, -0.25) is 19.8 Å². The number of nitro groups is 1. The third kappa shape index (κ3) is 3.13. The summed E-state index contributed by atoms with van der Waals surface area (Å²) in [5.41, 5.74) is 0.539. The monoisotopic (exact) mass is 297 g/mol. The fraction of sp³-hybridized carbons (Fsp3) is 0.667. The van der Waals surface area contributed by atoms with Crippen LogP contribution >= 0.6 is 0 Å². The normalized spacial score (nSPS) is 16.2. The SMILES string of the molecule is CCc1nn(C)c(N2CCN(CC(=O)O)CC2)c1[N+](=O)[O-]. The lowest BCUT2D eigenvalue weighted by molar-refractivity contribution is -0.384. The average molecular weight is 297 g/mol. The van der Waals surface area contributed by atoms with E-state index in [-0.39, 0.29) is 17.2 Å². The highest BCUT2D eigenvalue weighted by molar-refractivity contribution is 5.69. The van der Waals surface area contributed by atoms with Crippen LogP contribution in [0.3, 0.4) is 0 Å². The van der Waals surface area contributed by atoms with E-state index < -0.39 is 5.97 Å². The maximum atomic E-state index is 11.3. The molecule has 21 heavy (non-hydrogen) atoms. The lowest BCUT2D eigenvalue weighted by atomic mass is 10.2. The number of piperazine rings is 1. The van der Waals surface area contributed by atoms with Crippen molar-refractivity contribution in [3.63, 3.8) is 0 Å². The highest BCUT2D eigenvalue weighted by Gasteiger charge is 2.31. The largest absolute Gasteiger partial charge is 0.480 e. The Bertz CT molecular complexity index is 548. The Hall–Kier alpha value is -2.16. The van der Waals surface area contributed by atoms with Gasteiger partial charge in [0.15, 0.2) is 0 Å². The molecule has 1 aliphatic heterocycles. The van der Waals surface area contributed by atoms with E-state index in [9.17, 15) is 14.9 Å². The zero-order valence-corrected chi connectivity index (χ0v) is 12.2. The second-order valence-electron chi connectivity index (χ2n) is 5.01. The minimum atomic E-state index is -0.858. The number of nitrogens with zero attached hydrogens (tertiary/aromatic N) is 5. The van der Waals surface area contributed by atoms with E-state index in [1.807, 2.05) is 16.7 Å². The summed E-state index contributed by atoms with van der Waals surface area (Å²) in [7, 11) is 1.70. The van der Waals surface area contributed by atoms with E-state index in [2.05, 4.69) is 5.10 Å². The number of carboxylic acids is 1.